The number of fused-ring (bicyclic) bond motifs is 4. The first-order valence-corrected chi connectivity index (χ1v) is 32.5. The SMILES string of the molecule is C[Si](C)(C=Cc1ccc2c(c1)CC2)O[Si](C)(C)C=Cc1ccc2c(c1)CC(c1ccc3c(c1)CC3)C([Si](C)(C)O[Si](C)(C)C=Cc1ccc3c(c1)CC3)C2. The lowest BCUT2D eigenvalue weighted by atomic mass is 9.77. The normalized spacial score (nSPS) is 19.6. The van der Waals surface area contributed by atoms with Crippen LogP contribution in [0.2, 0.25) is 57.9 Å². The first-order chi connectivity index (χ1) is 25.6. The molecule has 2 atom stereocenters. The molecule has 0 radical (unpaired) electrons. The molecule has 2 unspecified atom stereocenters. The van der Waals surface area contributed by atoms with Crippen LogP contribution in [0.1, 0.15) is 72.7 Å². The molecule has 0 spiro atoms. The monoisotopic (exact) mass is 780 g/mol. The van der Waals surface area contributed by atoms with E-state index in [1.807, 2.05) is 0 Å². The Morgan fingerprint density at radius 3 is 1.28 bits per heavy atom. The van der Waals surface area contributed by atoms with E-state index >= 15 is 0 Å². The van der Waals surface area contributed by atoms with Crippen LogP contribution < -0.4 is 0 Å². The minimum absolute atomic E-state index is 0.472. The summed E-state index contributed by atoms with van der Waals surface area (Å²) < 4.78 is 14.4. The molecule has 0 aromatic heterocycles. The molecule has 280 valence electrons. The Morgan fingerprint density at radius 1 is 0.426 bits per heavy atom. The van der Waals surface area contributed by atoms with Crippen molar-refractivity contribution in [3.05, 3.63) is 157 Å². The van der Waals surface area contributed by atoms with Crippen LogP contribution in [0.15, 0.2) is 89.9 Å². The van der Waals surface area contributed by atoms with Crippen LogP contribution >= 0.6 is 0 Å². The van der Waals surface area contributed by atoms with Gasteiger partial charge in [0.15, 0.2) is 33.3 Å². The van der Waals surface area contributed by atoms with E-state index in [2.05, 4.69) is 160 Å². The molecule has 4 aliphatic rings. The zero-order valence-electron chi connectivity index (χ0n) is 34.0. The van der Waals surface area contributed by atoms with E-state index in [0.717, 1.165) is 12.8 Å². The molecule has 0 heterocycles. The first-order valence-electron chi connectivity index (χ1n) is 20.6. The third-order valence-corrected chi connectivity index (χ3v) is 26.4. The Balaban J connectivity index is 0.997. The molecule has 4 aromatic rings. The molecule has 2 nitrogen and oxygen atoms in total. The highest BCUT2D eigenvalue weighted by atomic mass is 28.4. The van der Waals surface area contributed by atoms with Crippen molar-refractivity contribution in [1.82, 2.24) is 0 Å². The molecule has 0 saturated heterocycles. The summed E-state index contributed by atoms with van der Waals surface area (Å²) in [6, 6.07) is 28.6. The molecule has 0 aliphatic heterocycles. The van der Waals surface area contributed by atoms with Crippen LogP contribution in [0.4, 0.5) is 0 Å². The third kappa shape index (κ3) is 8.35. The van der Waals surface area contributed by atoms with E-state index in [1.54, 1.807) is 11.1 Å². The van der Waals surface area contributed by atoms with Crippen molar-refractivity contribution in [3.8, 4) is 0 Å². The van der Waals surface area contributed by atoms with Crippen molar-refractivity contribution < 1.29 is 8.23 Å². The highest BCUT2D eigenvalue weighted by molar-refractivity contribution is 6.90. The number of rotatable bonds is 12. The second-order valence-corrected chi connectivity index (χ2v) is 35.1. The maximum atomic E-state index is 7.45. The summed E-state index contributed by atoms with van der Waals surface area (Å²) in [5, 5.41) is 0. The maximum absolute atomic E-state index is 7.45. The van der Waals surface area contributed by atoms with E-state index < -0.39 is 33.3 Å². The lowest BCUT2D eigenvalue weighted by Crippen LogP contribution is -2.49. The van der Waals surface area contributed by atoms with Crippen molar-refractivity contribution >= 4 is 51.5 Å². The van der Waals surface area contributed by atoms with Gasteiger partial charge >= 0.3 is 0 Å². The third-order valence-electron chi connectivity index (χ3n) is 12.7. The lowest BCUT2D eigenvalue weighted by Gasteiger charge is -2.45. The van der Waals surface area contributed by atoms with Crippen LogP contribution in [0.25, 0.3) is 18.2 Å². The molecule has 4 aromatic carbocycles. The van der Waals surface area contributed by atoms with Gasteiger partial charge in [-0.2, -0.15) is 0 Å². The average Bonchev–Trinajstić information content (AvgIpc) is 3.06. The average molecular weight is 781 g/mol. The number of benzene rings is 4. The van der Waals surface area contributed by atoms with Gasteiger partial charge in [-0.15, -0.1) is 0 Å². The quantitative estimate of drug-likeness (QED) is 0.133. The lowest BCUT2D eigenvalue weighted by molar-refractivity contribution is 0.472. The van der Waals surface area contributed by atoms with E-state index in [-0.39, 0.29) is 0 Å². The van der Waals surface area contributed by atoms with E-state index in [0.29, 0.717) is 11.5 Å². The molecular formula is C48H60O2Si4. The summed E-state index contributed by atoms with van der Waals surface area (Å²) in [7, 11) is -8.24. The van der Waals surface area contributed by atoms with Crippen molar-refractivity contribution in [2.45, 2.75) is 115 Å². The van der Waals surface area contributed by atoms with Crippen LogP contribution in [-0.4, -0.2) is 33.3 Å². The largest absolute Gasteiger partial charge is 0.452 e. The zero-order valence-corrected chi connectivity index (χ0v) is 38.0. The molecule has 0 saturated carbocycles. The number of aryl methyl sites for hydroxylation is 6. The van der Waals surface area contributed by atoms with Gasteiger partial charge in [0.05, 0.1) is 0 Å². The Bertz CT molecular complexity index is 2170. The van der Waals surface area contributed by atoms with Gasteiger partial charge < -0.3 is 8.23 Å². The molecule has 0 bridgehead atoms. The topological polar surface area (TPSA) is 18.5 Å². The molecule has 0 fully saturated rings. The van der Waals surface area contributed by atoms with Gasteiger partial charge in [0.25, 0.3) is 0 Å². The summed E-state index contributed by atoms with van der Waals surface area (Å²) in [5.41, 5.74) is 25.4. The van der Waals surface area contributed by atoms with Gasteiger partial charge in [-0.25, -0.2) is 0 Å². The Morgan fingerprint density at radius 2 is 0.833 bits per heavy atom. The Kier molecular flexibility index (Phi) is 10.1. The second kappa shape index (κ2) is 14.4. The molecule has 0 N–H and O–H groups in total. The summed E-state index contributed by atoms with van der Waals surface area (Å²) in [6.07, 6.45) is 16.5. The number of hydrogen-bond donors (Lipinski definition) is 0. The van der Waals surface area contributed by atoms with Gasteiger partial charge in [-0.3, -0.25) is 0 Å². The second-order valence-electron chi connectivity index (χ2n) is 18.9. The van der Waals surface area contributed by atoms with E-state index in [4.69, 9.17) is 8.23 Å². The molecule has 4 aliphatic carbocycles. The Labute approximate surface area is 330 Å². The molecule has 6 heteroatoms. The highest BCUT2D eigenvalue weighted by Crippen LogP contribution is 2.48. The first kappa shape index (κ1) is 37.8. The standard InChI is InChI=1S/C48H60O2Si4/c1-51(2,26-23-35-9-12-38-15-19-41(38)29-35)49-52(3,4)27-24-37-11-14-44-34-48(47(33-46(44)31-37)45-22-18-40-17-21-43(40)32-45)54(7,8)50-53(5,6)28-25-36-10-13-39-16-20-42(39)30-36/h9-14,18,22-32,47-48H,15-17,19-21,33-34H2,1-8H3. The summed E-state index contributed by atoms with van der Waals surface area (Å²) in [5.74, 6) is 0.472. The van der Waals surface area contributed by atoms with Crippen LogP contribution in [0, 0.1) is 0 Å². The van der Waals surface area contributed by atoms with E-state index in [9.17, 15) is 0 Å². The van der Waals surface area contributed by atoms with Crippen molar-refractivity contribution in [1.29, 1.82) is 0 Å². The fourth-order valence-electron chi connectivity index (χ4n) is 9.48. The zero-order chi connectivity index (χ0) is 37.9. The molecular weight excluding hydrogens is 721 g/mol. The fraction of sp³-hybridized carbons (Fsp3) is 0.375. The summed E-state index contributed by atoms with van der Waals surface area (Å²) >= 11 is 0. The van der Waals surface area contributed by atoms with Gasteiger partial charge in [0.2, 0.25) is 0 Å². The minimum Gasteiger partial charge on any atom is -0.452 e. The fourth-order valence-corrected chi connectivity index (χ4v) is 25.5. The number of hydrogen-bond acceptors (Lipinski definition) is 2. The van der Waals surface area contributed by atoms with Crippen LogP contribution in [0.3, 0.4) is 0 Å². The van der Waals surface area contributed by atoms with Gasteiger partial charge in [-0.05, 0) is 182 Å². The minimum atomic E-state index is -2.14. The molecule has 54 heavy (non-hydrogen) atoms. The van der Waals surface area contributed by atoms with Crippen molar-refractivity contribution in [3.63, 3.8) is 0 Å². The smallest absolute Gasteiger partial charge is 0.198 e. The predicted molar refractivity (Wildman–Crippen MR) is 241 cm³/mol. The van der Waals surface area contributed by atoms with Crippen LogP contribution in [0.5, 0.6) is 0 Å². The van der Waals surface area contributed by atoms with Gasteiger partial charge in [0.1, 0.15) is 0 Å². The summed E-state index contributed by atoms with van der Waals surface area (Å²) in [6.45, 7) is 19.2. The highest BCUT2D eigenvalue weighted by Gasteiger charge is 2.45. The van der Waals surface area contributed by atoms with Gasteiger partial charge in [0, 0.05) is 0 Å². The summed E-state index contributed by atoms with van der Waals surface area (Å²) in [4.78, 5) is 0. The van der Waals surface area contributed by atoms with Crippen molar-refractivity contribution in [2.24, 2.45) is 0 Å². The molecule has 0 amide bonds. The van der Waals surface area contributed by atoms with Crippen molar-refractivity contribution in [2.75, 3.05) is 0 Å². The predicted octanol–water partition coefficient (Wildman–Crippen LogP) is 12.1. The Hall–Kier alpha value is -3.11. The van der Waals surface area contributed by atoms with Gasteiger partial charge in [-0.1, -0.05) is 108 Å². The van der Waals surface area contributed by atoms with E-state index in [1.165, 1.54) is 94.2 Å². The maximum Gasteiger partial charge on any atom is 0.198 e. The molecule has 8 rings (SSSR count). The van der Waals surface area contributed by atoms with Crippen LogP contribution in [-0.2, 0) is 59.6 Å².